The van der Waals surface area contributed by atoms with Gasteiger partial charge in [-0.15, -0.1) is 0 Å². The topological polar surface area (TPSA) is 21.3 Å². The summed E-state index contributed by atoms with van der Waals surface area (Å²) in [5.74, 6) is 0.707. The standard InChI is InChI=1S/C17H17ClFNO/c1-11-2-4-13(19)9-17(11)21-16-7-3-12(8-15(16)18)10-20-14-5-6-14/h2-4,7-9,14,20H,5-6,10H2,1H3. The molecule has 1 fully saturated rings. The molecule has 0 aromatic heterocycles. The minimum absolute atomic E-state index is 0.322. The van der Waals surface area contributed by atoms with Crippen LogP contribution in [0.4, 0.5) is 4.39 Å². The van der Waals surface area contributed by atoms with Crippen LogP contribution < -0.4 is 10.1 Å². The molecule has 0 aliphatic heterocycles. The van der Waals surface area contributed by atoms with Gasteiger partial charge in [-0.3, -0.25) is 0 Å². The van der Waals surface area contributed by atoms with Crippen molar-refractivity contribution >= 4 is 11.6 Å². The molecule has 0 atom stereocenters. The number of hydrogen-bond donors (Lipinski definition) is 1. The van der Waals surface area contributed by atoms with Crippen LogP contribution in [0.3, 0.4) is 0 Å². The predicted octanol–water partition coefficient (Wildman–Crippen LogP) is 4.83. The Morgan fingerprint density at radius 1 is 1.19 bits per heavy atom. The van der Waals surface area contributed by atoms with Crippen molar-refractivity contribution in [2.24, 2.45) is 0 Å². The molecule has 2 aromatic rings. The van der Waals surface area contributed by atoms with Crippen LogP contribution in [0.5, 0.6) is 11.5 Å². The van der Waals surface area contributed by atoms with Gasteiger partial charge in [-0.1, -0.05) is 23.7 Å². The van der Waals surface area contributed by atoms with E-state index in [4.69, 9.17) is 16.3 Å². The van der Waals surface area contributed by atoms with E-state index in [1.807, 2.05) is 25.1 Å². The molecule has 4 heteroatoms. The minimum atomic E-state index is -0.322. The lowest BCUT2D eigenvalue weighted by Gasteiger charge is -2.11. The number of hydrogen-bond acceptors (Lipinski definition) is 2. The van der Waals surface area contributed by atoms with E-state index in [0.717, 1.165) is 17.7 Å². The van der Waals surface area contributed by atoms with Gasteiger partial charge in [-0.05, 0) is 49.1 Å². The van der Waals surface area contributed by atoms with Crippen molar-refractivity contribution in [1.82, 2.24) is 5.32 Å². The van der Waals surface area contributed by atoms with Crippen molar-refractivity contribution in [1.29, 1.82) is 0 Å². The predicted molar refractivity (Wildman–Crippen MR) is 82.5 cm³/mol. The van der Waals surface area contributed by atoms with Gasteiger partial charge in [0.25, 0.3) is 0 Å². The van der Waals surface area contributed by atoms with Crippen LogP contribution in [0, 0.1) is 12.7 Å². The first-order valence-electron chi connectivity index (χ1n) is 7.07. The van der Waals surface area contributed by atoms with E-state index >= 15 is 0 Å². The molecule has 0 saturated heterocycles. The molecule has 0 heterocycles. The monoisotopic (exact) mass is 305 g/mol. The maximum Gasteiger partial charge on any atom is 0.146 e. The van der Waals surface area contributed by atoms with Gasteiger partial charge in [0.2, 0.25) is 0 Å². The summed E-state index contributed by atoms with van der Waals surface area (Å²) in [6.45, 7) is 2.68. The van der Waals surface area contributed by atoms with Crippen molar-refractivity contribution in [3.05, 3.63) is 58.4 Å². The van der Waals surface area contributed by atoms with Crippen molar-refractivity contribution in [3.8, 4) is 11.5 Å². The van der Waals surface area contributed by atoms with E-state index in [-0.39, 0.29) is 5.82 Å². The summed E-state index contributed by atoms with van der Waals surface area (Å²) in [6, 6.07) is 10.8. The van der Waals surface area contributed by atoms with Gasteiger partial charge in [-0.25, -0.2) is 4.39 Å². The Bertz CT molecular complexity index is 655. The second-order valence-corrected chi connectivity index (χ2v) is 5.84. The van der Waals surface area contributed by atoms with Crippen molar-refractivity contribution < 1.29 is 9.13 Å². The normalized spacial score (nSPS) is 14.2. The van der Waals surface area contributed by atoms with Gasteiger partial charge in [-0.2, -0.15) is 0 Å². The average Bonchev–Trinajstić information content (AvgIpc) is 3.27. The molecule has 3 rings (SSSR count). The van der Waals surface area contributed by atoms with Crippen molar-refractivity contribution in [3.63, 3.8) is 0 Å². The van der Waals surface area contributed by atoms with E-state index in [1.54, 1.807) is 6.07 Å². The van der Waals surface area contributed by atoms with Crippen LogP contribution >= 0.6 is 11.6 Å². The summed E-state index contributed by atoms with van der Waals surface area (Å²) in [7, 11) is 0. The molecule has 1 aliphatic rings. The van der Waals surface area contributed by atoms with Gasteiger partial charge in [0, 0.05) is 18.7 Å². The maximum atomic E-state index is 13.3. The number of rotatable bonds is 5. The van der Waals surface area contributed by atoms with Crippen LogP contribution in [-0.4, -0.2) is 6.04 Å². The summed E-state index contributed by atoms with van der Waals surface area (Å²) < 4.78 is 19.0. The largest absolute Gasteiger partial charge is 0.455 e. The molecular formula is C17H17ClFNO. The molecular weight excluding hydrogens is 289 g/mol. The third kappa shape index (κ3) is 3.74. The Balaban J connectivity index is 1.74. The van der Waals surface area contributed by atoms with E-state index in [1.165, 1.54) is 25.0 Å². The lowest BCUT2D eigenvalue weighted by molar-refractivity contribution is 0.473. The molecule has 1 saturated carbocycles. The molecule has 1 N–H and O–H groups in total. The maximum absolute atomic E-state index is 13.3. The summed E-state index contributed by atoms with van der Waals surface area (Å²) in [5, 5.41) is 3.97. The van der Waals surface area contributed by atoms with Crippen molar-refractivity contribution in [2.45, 2.75) is 32.4 Å². The fourth-order valence-corrected chi connectivity index (χ4v) is 2.33. The molecule has 0 amide bonds. The van der Waals surface area contributed by atoms with Crippen molar-refractivity contribution in [2.75, 3.05) is 0 Å². The van der Waals surface area contributed by atoms with Crippen LogP contribution in [0.2, 0.25) is 5.02 Å². The van der Waals surface area contributed by atoms with Crippen LogP contribution in [0.25, 0.3) is 0 Å². The summed E-state index contributed by atoms with van der Waals surface area (Å²) in [6.07, 6.45) is 2.52. The first-order valence-corrected chi connectivity index (χ1v) is 7.45. The number of ether oxygens (including phenoxy) is 1. The molecule has 21 heavy (non-hydrogen) atoms. The quantitative estimate of drug-likeness (QED) is 0.854. The van der Waals surface area contributed by atoms with Gasteiger partial charge in [0.1, 0.15) is 17.3 Å². The molecule has 0 unspecified atom stereocenters. The number of aryl methyl sites for hydroxylation is 1. The highest BCUT2D eigenvalue weighted by Gasteiger charge is 2.20. The smallest absolute Gasteiger partial charge is 0.146 e. The molecule has 110 valence electrons. The first kappa shape index (κ1) is 14.4. The van der Waals surface area contributed by atoms with Gasteiger partial charge in [0.15, 0.2) is 0 Å². The van der Waals surface area contributed by atoms with Gasteiger partial charge >= 0.3 is 0 Å². The zero-order valence-corrected chi connectivity index (χ0v) is 12.6. The van der Waals surface area contributed by atoms with E-state index in [2.05, 4.69) is 5.32 Å². The average molecular weight is 306 g/mol. The summed E-state index contributed by atoms with van der Waals surface area (Å²) in [5.41, 5.74) is 1.99. The fraction of sp³-hybridized carbons (Fsp3) is 0.294. The zero-order chi connectivity index (χ0) is 14.8. The molecule has 2 aromatic carbocycles. The van der Waals surface area contributed by atoms with Crippen LogP contribution in [-0.2, 0) is 6.54 Å². The highest BCUT2D eigenvalue weighted by molar-refractivity contribution is 6.32. The number of nitrogens with one attached hydrogen (secondary N) is 1. The van der Waals surface area contributed by atoms with Gasteiger partial charge in [0.05, 0.1) is 5.02 Å². The minimum Gasteiger partial charge on any atom is -0.455 e. The molecule has 0 bridgehead atoms. The Labute approximate surface area is 128 Å². The molecule has 2 nitrogen and oxygen atoms in total. The fourth-order valence-electron chi connectivity index (χ4n) is 2.09. The highest BCUT2D eigenvalue weighted by atomic mass is 35.5. The van der Waals surface area contributed by atoms with Gasteiger partial charge < -0.3 is 10.1 Å². The molecule has 0 spiro atoms. The summed E-state index contributed by atoms with van der Waals surface area (Å²) in [4.78, 5) is 0. The lowest BCUT2D eigenvalue weighted by atomic mass is 10.2. The Morgan fingerprint density at radius 3 is 2.71 bits per heavy atom. The summed E-state index contributed by atoms with van der Waals surface area (Å²) >= 11 is 6.26. The van der Waals surface area contributed by atoms with Crippen LogP contribution in [0.15, 0.2) is 36.4 Å². The van der Waals surface area contributed by atoms with E-state index in [0.29, 0.717) is 22.6 Å². The Kier molecular flexibility index (Phi) is 4.13. The number of benzene rings is 2. The zero-order valence-electron chi connectivity index (χ0n) is 11.8. The SMILES string of the molecule is Cc1ccc(F)cc1Oc1ccc(CNC2CC2)cc1Cl. The molecule has 1 aliphatic carbocycles. The Morgan fingerprint density at radius 2 is 2.00 bits per heavy atom. The number of halogens is 2. The van der Waals surface area contributed by atoms with Crippen LogP contribution in [0.1, 0.15) is 24.0 Å². The lowest BCUT2D eigenvalue weighted by Crippen LogP contribution is -2.15. The third-order valence-electron chi connectivity index (χ3n) is 3.54. The second-order valence-electron chi connectivity index (χ2n) is 5.43. The highest BCUT2D eigenvalue weighted by Crippen LogP contribution is 2.32. The third-order valence-corrected chi connectivity index (χ3v) is 3.83. The first-order chi connectivity index (χ1) is 10.1. The molecule has 0 radical (unpaired) electrons. The second kappa shape index (κ2) is 6.04. The van der Waals surface area contributed by atoms with E-state index in [9.17, 15) is 4.39 Å². The van der Waals surface area contributed by atoms with E-state index < -0.39 is 0 Å². The Hall–Kier alpha value is -1.58.